The van der Waals surface area contributed by atoms with Gasteiger partial charge in [-0.05, 0) is 44.1 Å². The standard InChI is InChI=1S/C23H34N6OS/c1-3-24-22(26-16-19-15-17-9-4-7-12-20(17)30-19)25-14-8-13-21-27-28-23(31-2)29(21)18-10-5-6-11-18/h4,7,9,12,18-19H,3,5-6,8,10-11,13-16H2,1-2H3,(H2,24,25,26). The minimum absolute atomic E-state index is 0.114. The van der Waals surface area contributed by atoms with Crippen molar-refractivity contribution in [2.24, 2.45) is 4.99 Å². The fourth-order valence-corrected chi connectivity index (χ4v) is 5.06. The first-order chi connectivity index (χ1) is 15.3. The summed E-state index contributed by atoms with van der Waals surface area (Å²) < 4.78 is 8.41. The normalized spacial score (nSPS) is 18.8. The molecule has 0 radical (unpaired) electrons. The van der Waals surface area contributed by atoms with Gasteiger partial charge in [0.25, 0.3) is 0 Å². The fraction of sp³-hybridized carbons (Fsp3) is 0.609. The maximum atomic E-state index is 6.01. The van der Waals surface area contributed by atoms with E-state index >= 15 is 0 Å². The summed E-state index contributed by atoms with van der Waals surface area (Å²) in [6, 6.07) is 8.83. The van der Waals surface area contributed by atoms with Crippen LogP contribution >= 0.6 is 11.8 Å². The van der Waals surface area contributed by atoms with Crippen LogP contribution in [0.3, 0.4) is 0 Å². The molecule has 1 unspecified atom stereocenters. The first kappa shape index (κ1) is 22.0. The van der Waals surface area contributed by atoms with Crippen molar-refractivity contribution in [3.8, 4) is 5.75 Å². The van der Waals surface area contributed by atoms with Crippen molar-refractivity contribution >= 4 is 17.7 Å². The Morgan fingerprint density at radius 3 is 2.84 bits per heavy atom. The number of para-hydroxylation sites is 1. The zero-order valence-corrected chi connectivity index (χ0v) is 19.5. The number of benzene rings is 1. The zero-order valence-electron chi connectivity index (χ0n) is 18.6. The second kappa shape index (κ2) is 10.9. The minimum Gasteiger partial charge on any atom is -0.488 e. The largest absolute Gasteiger partial charge is 0.488 e. The molecule has 1 aromatic heterocycles. The van der Waals surface area contributed by atoms with Crippen molar-refractivity contribution in [2.75, 3.05) is 25.9 Å². The van der Waals surface area contributed by atoms with Crippen molar-refractivity contribution in [1.82, 2.24) is 25.4 Å². The van der Waals surface area contributed by atoms with Crippen molar-refractivity contribution in [3.05, 3.63) is 35.7 Å². The molecule has 0 saturated heterocycles. The van der Waals surface area contributed by atoms with E-state index in [0.717, 1.165) is 55.0 Å². The third-order valence-corrected chi connectivity index (χ3v) is 6.63. The minimum atomic E-state index is 0.114. The van der Waals surface area contributed by atoms with Crippen LogP contribution in [0.15, 0.2) is 34.4 Å². The molecule has 1 fully saturated rings. The van der Waals surface area contributed by atoms with Gasteiger partial charge in [-0.3, -0.25) is 0 Å². The molecular formula is C23H34N6OS. The molecule has 1 atom stereocenters. The lowest BCUT2D eigenvalue weighted by molar-refractivity contribution is 0.241. The van der Waals surface area contributed by atoms with Crippen LogP contribution in [0.5, 0.6) is 5.75 Å². The molecule has 31 heavy (non-hydrogen) atoms. The number of aliphatic imine (C=N–C) groups is 1. The lowest BCUT2D eigenvalue weighted by Gasteiger charge is -2.16. The van der Waals surface area contributed by atoms with E-state index in [9.17, 15) is 0 Å². The van der Waals surface area contributed by atoms with E-state index < -0.39 is 0 Å². The number of nitrogens with zero attached hydrogens (tertiary/aromatic N) is 4. The number of ether oxygens (including phenoxy) is 1. The summed E-state index contributed by atoms with van der Waals surface area (Å²) >= 11 is 1.70. The van der Waals surface area contributed by atoms with Gasteiger partial charge in [-0.2, -0.15) is 0 Å². The van der Waals surface area contributed by atoms with Gasteiger partial charge in [0.05, 0.1) is 6.54 Å². The Morgan fingerprint density at radius 2 is 2.06 bits per heavy atom. The highest BCUT2D eigenvalue weighted by molar-refractivity contribution is 7.98. The number of thioether (sulfide) groups is 1. The van der Waals surface area contributed by atoms with Crippen LogP contribution in [0.1, 0.15) is 56.5 Å². The topological polar surface area (TPSA) is 76.4 Å². The average Bonchev–Trinajstić information content (AvgIpc) is 3.53. The van der Waals surface area contributed by atoms with E-state index in [1.54, 1.807) is 11.8 Å². The van der Waals surface area contributed by atoms with Gasteiger partial charge in [0.1, 0.15) is 17.7 Å². The smallest absolute Gasteiger partial charge is 0.191 e. The molecule has 1 aromatic carbocycles. The Morgan fingerprint density at radius 1 is 1.23 bits per heavy atom. The van der Waals surface area contributed by atoms with Gasteiger partial charge in [-0.25, -0.2) is 4.99 Å². The number of rotatable bonds is 9. The maximum absolute atomic E-state index is 6.01. The molecule has 8 heteroatoms. The van der Waals surface area contributed by atoms with Gasteiger partial charge in [0, 0.05) is 32.0 Å². The third-order valence-electron chi connectivity index (χ3n) is 5.99. The molecule has 0 spiro atoms. The van der Waals surface area contributed by atoms with Gasteiger partial charge in [0.15, 0.2) is 11.1 Å². The van der Waals surface area contributed by atoms with Crippen LogP contribution in [0.4, 0.5) is 0 Å². The van der Waals surface area contributed by atoms with Crippen molar-refractivity contribution in [1.29, 1.82) is 0 Å². The quantitative estimate of drug-likeness (QED) is 0.267. The Labute approximate surface area is 189 Å². The average molecular weight is 443 g/mol. The fourth-order valence-electron chi connectivity index (χ4n) is 4.49. The number of guanidine groups is 1. The van der Waals surface area contributed by atoms with Crippen LogP contribution < -0.4 is 15.4 Å². The van der Waals surface area contributed by atoms with Gasteiger partial charge in [-0.15, -0.1) is 10.2 Å². The molecule has 1 aliphatic carbocycles. The summed E-state index contributed by atoms with van der Waals surface area (Å²) in [7, 11) is 0. The Bertz CT molecular complexity index is 852. The summed E-state index contributed by atoms with van der Waals surface area (Å²) in [5.41, 5.74) is 1.27. The number of fused-ring (bicyclic) bond motifs is 1. The summed E-state index contributed by atoms with van der Waals surface area (Å²) in [4.78, 5) is 4.75. The van der Waals surface area contributed by atoms with E-state index in [2.05, 4.69) is 50.7 Å². The Hall–Kier alpha value is -2.22. The number of hydrogen-bond acceptors (Lipinski definition) is 5. The summed E-state index contributed by atoms with van der Waals surface area (Å²) in [6.07, 6.45) is 10.2. The van der Waals surface area contributed by atoms with E-state index in [1.165, 1.54) is 31.2 Å². The molecule has 2 N–H and O–H groups in total. The molecule has 7 nitrogen and oxygen atoms in total. The van der Waals surface area contributed by atoms with Crippen LogP contribution in [-0.4, -0.2) is 52.7 Å². The first-order valence-electron chi connectivity index (χ1n) is 11.5. The molecule has 4 rings (SSSR count). The molecule has 2 aliphatic rings. The van der Waals surface area contributed by atoms with Gasteiger partial charge < -0.3 is 19.9 Å². The van der Waals surface area contributed by atoms with E-state index in [0.29, 0.717) is 12.6 Å². The Balaban J connectivity index is 1.27. The monoisotopic (exact) mass is 442 g/mol. The lowest BCUT2D eigenvalue weighted by Crippen LogP contribution is -2.38. The van der Waals surface area contributed by atoms with Crippen LogP contribution in [0, 0.1) is 0 Å². The summed E-state index contributed by atoms with van der Waals surface area (Å²) in [5, 5.41) is 16.8. The maximum Gasteiger partial charge on any atom is 0.191 e. The number of nitrogens with one attached hydrogen (secondary N) is 2. The van der Waals surface area contributed by atoms with E-state index in [1.807, 2.05) is 12.1 Å². The third kappa shape index (κ3) is 5.53. The first-order valence-corrected chi connectivity index (χ1v) is 12.8. The molecule has 1 saturated carbocycles. The van der Waals surface area contributed by atoms with Crippen molar-refractivity contribution in [2.45, 2.75) is 69.2 Å². The van der Waals surface area contributed by atoms with E-state index in [-0.39, 0.29) is 6.10 Å². The van der Waals surface area contributed by atoms with Crippen molar-refractivity contribution < 1.29 is 4.74 Å². The van der Waals surface area contributed by atoms with Gasteiger partial charge in [0.2, 0.25) is 0 Å². The molecule has 2 heterocycles. The number of hydrogen-bond donors (Lipinski definition) is 2. The second-order valence-corrected chi connectivity index (χ2v) is 8.99. The van der Waals surface area contributed by atoms with Crippen LogP contribution in [0.25, 0.3) is 0 Å². The predicted octanol–water partition coefficient (Wildman–Crippen LogP) is 3.61. The molecule has 0 bridgehead atoms. The van der Waals surface area contributed by atoms with Crippen LogP contribution in [0.2, 0.25) is 0 Å². The number of aromatic nitrogens is 3. The molecule has 168 valence electrons. The second-order valence-electron chi connectivity index (χ2n) is 8.21. The predicted molar refractivity (Wildman–Crippen MR) is 126 cm³/mol. The Kier molecular flexibility index (Phi) is 7.72. The van der Waals surface area contributed by atoms with E-state index in [4.69, 9.17) is 9.73 Å². The van der Waals surface area contributed by atoms with Gasteiger partial charge in [-0.1, -0.05) is 42.8 Å². The highest BCUT2D eigenvalue weighted by atomic mass is 32.2. The number of aryl methyl sites for hydroxylation is 1. The van der Waals surface area contributed by atoms with Crippen LogP contribution in [-0.2, 0) is 12.8 Å². The summed E-state index contributed by atoms with van der Waals surface area (Å²) in [5.74, 6) is 2.97. The molecule has 1 aliphatic heterocycles. The van der Waals surface area contributed by atoms with Crippen molar-refractivity contribution in [3.63, 3.8) is 0 Å². The lowest BCUT2D eigenvalue weighted by atomic mass is 10.1. The SMILES string of the molecule is CCNC(=NCC1Cc2ccccc2O1)NCCCc1nnc(SC)n1C1CCCC1. The summed E-state index contributed by atoms with van der Waals surface area (Å²) in [6.45, 7) is 4.43. The molecule has 0 amide bonds. The van der Waals surface area contributed by atoms with Gasteiger partial charge >= 0.3 is 0 Å². The zero-order chi connectivity index (χ0) is 21.5. The highest BCUT2D eigenvalue weighted by Crippen LogP contribution is 2.33. The molecular weight excluding hydrogens is 408 g/mol. The highest BCUT2D eigenvalue weighted by Gasteiger charge is 2.24. The molecule has 2 aromatic rings.